The molecule has 106 valence electrons. The van der Waals surface area contributed by atoms with Crippen LogP contribution in [0.25, 0.3) is 23.0 Å². The molecule has 8 heteroatoms. The first-order chi connectivity index (χ1) is 10.1. The van der Waals surface area contributed by atoms with Crippen LogP contribution in [0.1, 0.15) is 21.5 Å². The van der Waals surface area contributed by atoms with Crippen molar-refractivity contribution in [1.29, 1.82) is 0 Å². The fourth-order valence-electron chi connectivity index (χ4n) is 2.09. The Morgan fingerprint density at radius 3 is 2.57 bits per heavy atom. The molecule has 1 aromatic carbocycles. The Balaban J connectivity index is 2.17. The van der Waals surface area contributed by atoms with Crippen LogP contribution in [0.2, 0.25) is 0 Å². The molecule has 0 unspecified atom stereocenters. The van der Waals surface area contributed by atoms with Gasteiger partial charge in [-0.15, -0.1) is 10.2 Å². The van der Waals surface area contributed by atoms with E-state index < -0.39 is 5.97 Å². The van der Waals surface area contributed by atoms with E-state index in [1.165, 1.54) is 6.20 Å². The van der Waals surface area contributed by atoms with Gasteiger partial charge < -0.3 is 9.52 Å². The van der Waals surface area contributed by atoms with Gasteiger partial charge in [-0.25, -0.2) is 4.79 Å². The number of rotatable bonds is 3. The first kappa shape index (κ1) is 13.0. The summed E-state index contributed by atoms with van der Waals surface area (Å²) in [4.78, 5) is 11.5. The van der Waals surface area contributed by atoms with Crippen LogP contribution in [0, 0.1) is 13.8 Å². The highest BCUT2D eigenvalue weighted by molar-refractivity contribution is 5.97. The molecule has 0 radical (unpaired) electrons. The highest BCUT2D eigenvalue weighted by atomic mass is 16.4. The zero-order valence-electron chi connectivity index (χ0n) is 11.3. The third-order valence-electron chi connectivity index (χ3n) is 3.11. The number of carboxylic acid groups (broad SMARTS) is 1. The van der Waals surface area contributed by atoms with Crippen molar-refractivity contribution in [2.75, 3.05) is 0 Å². The Bertz CT molecular complexity index is 807. The van der Waals surface area contributed by atoms with E-state index in [-0.39, 0.29) is 17.3 Å². The number of aromatic carboxylic acids is 1. The first-order valence-corrected chi connectivity index (χ1v) is 6.11. The highest BCUT2D eigenvalue weighted by Gasteiger charge is 2.22. The van der Waals surface area contributed by atoms with Crippen LogP contribution in [0.4, 0.5) is 0 Å². The molecule has 3 aromatic rings. The predicted octanol–water partition coefficient (Wildman–Crippen LogP) is 1.84. The van der Waals surface area contributed by atoms with E-state index in [0.29, 0.717) is 16.8 Å². The summed E-state index contributed by atoms with van der Waals surface area (Å²) in [5, 5.41) is 27.2. The van der Waals surface area contributed by atoms with Crippen LogP contribution in [0.15, 0.2) is 22.7 Å². The van der Waals surface area contributed by atoms with Crippen molar-refractivity contribution in [2.24, 2.45) is 0 Å². The van der Waals surface area contributed by atoms with Crippen LogP contribution in [0.5, 0.6) is 0 Å². The van der Waals surface area contributed by atoms with Gasteiger partial charge in [0.15, 0.2) is 5.69 Å². The number of nitrogens with zero attached hydrogens (tertiary/aromatic N) is 4. The fourth-order valence-corrected chi connectivity index (χ4v) is 2.09. The third kappa shape index (κ3) is 2.16. The van der Waals surface area contributed by atoms with Gasteiger partial charge in [0.1, 0.15) is 0 Å². The van der Waals surface area contributed by atoms with E-state index in [9.17, 15) is 9.90 Å². The summed E-state index contributed by atoms with van der Waals surface area (Å²) < 4.78 is 5.53. The van der Waals surface area contributed by atoms with E-state index in [4.69, 9.17) is 4.42 Å². The summed E-state index contributed by atoms with van der Waals surface area (Å²) in [6.07, 6.45) is 1.44. The van der Waals surface area contributed by atoms with E-state index in [0.717, 1.165) is 5.56 Å². The van der Waals surface area contributed by atoms with E-state index in [1.54, 1.807) is 19.9 Å². The molecular weight excluding hydrogens is 274 g/mol. The van der Waals surface area contributed by atoms with Crippen molar-refractivity contribution in [3.8, 4) is 23.0 Å². The molecule has 2 N–H and O–H groups in total. The number of carbonyl (C=O) groups is 1. The molecule has 0 bridgehead atoms. The van der Waals surface area contributed by atoms with Gasteiger partial charge in [0.05, 0.1) is 17.3 Å². The molecule has 2 aromatic heterocycles. The Hall–Kier alpha value is -3.03. The van der Waals surface area contributed by atoms with Gasteiger partial charge in [0.2, 0.25) is 5.89 Å². The molecule has 0 aliphatic heterocycles. The molecule has 21 heavy (non-hydrogen) atoms. The Labute approximate surface area is 118 Å². The maximum atomic E-state index is 11.5. The van der Waals surface area contributed by atoms with Crippen LogP contribution >= 0.6 is 0 Å². The lowest BCUT2D eigenvalue weighted by atomic mass is 9.97. The number of hydrogen-bond donors (Lipinski definition) is 2. The molecular formula is C13H11N5O3. The van der Waals surface area contributed by atoms with Crippen LogP contribution < -0.4 is 0 Å². The van der Waals surface area contributed by atoms with Gasteiger partial charge in [-0.05, 0) is 25.0 Å². The molecule has 3 rings (SSSR count). The number of aromatic amines is 1. The SMILES string of the molecule is Cc1ccc(C)c(-c2nnc(-c3cn[nH]n3)o2)c1C(=O)O. The molecule has 0 atom stereocenters. The van der Waals surface area contributed by atoms with Gasteiger partial charge in [-0.3, -0.25) is 0 Å². The van der Waals surface area contributed by atoms with Crippen molar-refractivity contribution < 1.29 is 14.3 Å². The topological polar surface area (TPSA) is 118 Å². The molecule has 0 saturated heterocycles. The lowest BCUT2D eigenvalue weighted by molar-refractivity contribution is 0.0696. The Morgan fingerprint density at radius 2 is 1.90 bits per heavy atom. The molecule has 0 spiro atoms. The van der Waals surface area contributed by atoms with Gasteiger partial charge in [-0.2, -0.15) is 15.4 Å². The number of benzene rings is 1. The molecule has 0 saturated carbocycles. The summed E-state index contributed by atoms with van der Waals surface area (Å²) in [7, 11) is 0. The zero-order chi connectivity index (χ0) is 15.0. The van der Waals surface area contributed by atoms with Crippen LogP contribution in [-0.4, -0.2) is 36.7 Å². The van der Waals surface area contributed by atoms with E-state index in [1.807, 2.05) is 6.07 Å². The summed E-state index contributed by atoms with van der Waals surface area (Å²) in [5.74, 6) is -0.713. The van der Waals surface area contributed by atoms with Crippen molar-refractivity contribution >= 4 is 5.97 Å². The number of aryl methyl sites for hydroxylation is 2. The van der Waals surface area contributed by atoms with Gasteiger partial charge in [0, 0.05) is 0 Å². The molecule has 0 aliphatic carbocycles. The fraction of sp³-hybridized carbons (Fsp3) is 0.154. The van der Waals surface area contributed by atoms with Crippen molar-refractivity contribution in [3.05, 3.63) is 35.0 Å². The van der Waals surface area contributed by atoms with Gasteiger partial charge >= 0.3 is 5.97 Å². The van der Waals surface area contributed by atoms with Crippen molar-refractivity contribution in [2.45, 2.75) is 13.8 Å². The van der Waals surface area contributed by atoms with Crippen LogP contribution in [-0.2, 0) is 0 Å². The number of aromatic nitrogens is 5. The first-order valence-electron chi connectivity index (χ1n) is 6.11. The summed E-state index contributed by atoms with van der Waals surface area (Å²) in [5.41, 5.74) is 2.35. The quantitative estimate of drug-likeness (QED) is 0.753. The molecule has 0 fully saturated rings. The second kappa shape index (κ2) is 4.82. The zero-order valence-corrected chi connectivity index (χ0v) is 11.3. The average Bonchev–Trinajstić information content (AvgIpc) is 3.10. The summed E-state index contributed by atoms with van der Waals surface area (Å²) in [6.45, 7) is 3.52. The summed E-state index contributed by atoms with van der Waals surface area (Å²) in [6, 6.07) is 3.56. The number of carboxylic acids is 1. The minimum absolute atomic E-state index is 0.145. The maximum absolute atomic E-state index is 11.5. The summed E-state index contributed by atoms with van der Waals surface area (Å²) >= 11 is 0. The van der Waals surface area contributed by atoms with E-state index in [2.05, 4.69) is 25.6 Å². The number of nitrogens with one attached hydrogen (secondary N) is 1. The van der Waals surface area contributed by atoms with Gasteiger partial charge in [-0.1, -0.05) is 12.1 Å². The number of hydrogen-bond acceptors (Lipinski definition) is 6. The number of H-pyrrole nitrogens is 1. The van der Waals surface area contributed by atoms with Crippen LogP contribution in [0.3, 0.4) is 0 Å². The monoisotopic (exact) mass is 285 g/mol. The van der Waals surface area contributed by atoms with Crippen molar-refractivity contribution in [3.63, 3.8) is 0 Å². The average molecular weight is 285 g/mol. The minimum atomic E-state index is -1.03. The molecule has 2 heterocycles. The Kier molecular flexibility index (Phi) is 2.98. The lowest BCUT2D eigenvalue weighted by Gasteiger charge is -2.08. The predicted molar refractivity (Wildman–Crippen MR) is 71.5 cm³/mol. The largest absolute Gasteiger partial charge is 0.478 e. The minimum Gasteiger partial charge on any atom is -0.478 e. The lowest BCUT2D eigenvalue weighted by Crippen LogP contribution is -2.04. The second-order valence-corrected chi connectivity index (χ2v) is 4.52. The second-order valence-electron chi connectivity index (χ2n) is 4.52. The highest BCUT2D eigenvalue weighted by Crippen LogP contribution is 2.30. The Morgan fingerprint density at radius 1 is 1.19 bits per heavy atom. The van der Waals surface area contributed by atoms with Crippen molar-refractivity contribution in [1.82, 2.24) is 25.6 Å². The molecule has 0 aliphatic rings. The van der Waals surface area contributed by atoms with Gasteiger partial charge in [0.25, 0.3) is 5.89 Å². The normalized spacial score (nSPS) is 10.8. The standard InChI is InChI=1S/C13H11N5O3/c1-6-3-4-7(2)10(13(19)20)9(6)12-17-16-11(21-12)8-5-14-18-15-8/h3-5H,1-2H3,(H,19,20)(H,14,15,18). The smallest absolute Gasteiger partial charge is 0.336 e. The molecule has 0 amide bonds. The molecule has 8 nitrogen and oxygen atoms in total. The maximum Gasteiger partial charge on any atom is 0.336 e. The van der Waals surface area contributed by atoms with E-state index >= 15 is 0 Å². The third-order valence-corrected chi connectivity index (χ3v) is 3.11.